The molecule has 2 rings (SSSR count). The van der Waals surface area contributed by atoms with E-state index in [1.54, 1.807) is 7.11 Å². The van der Waals surface area contributed by atoms with Crippen LogP contribution in [0.1, 0.15) is 19.4 Å². The van der Waals surface area contributed by atoms with Crippen molar-refractivity contribution in [2.24, 2.45) is 5.73 Å². The second-order valence-corrected chi connectivity index (χ2v) is 7.52. The minimum absolute atomic E-state index is 0.245. The highest BCUT2D eigenvalue weighted by molar-refractivity contribution is 8.00. The highest BCUT2D eigenvalue weighted by Crippen LogP contribution is 2.35. The monoisotopic (exact) mass is 296 g/mol. The summed E-state index contributed by atoms with van der Waals surface area (Å²) in [6, 6.07) is 5.88. The van der Waals surface area contributed by atoms with E-state index in [2.05, 4.69) is 18.7 Å². The summed E-state index contributed by atoms with van der Waals surface area (Å²) in [4.78, 5) is 2.79. The molecular weight excluding hydrogens is 276 g/mol. The molecule has 0 radical (unpaired) electrons. The molecule has 0 unspecified atom stereocenters. The van der Waals surface area contributed by atoms with Crippen LogP contribution < -0.4 is 15.4 Å². The molecular formula is C14H20N2OS2. The number of methoxy groups -OCH3 is 1. The van der Waals surface area contributed by atoms with E-state index < -0.39 is 0 Å². The molecule has 1 aliphatic heterocycles. The van der Waals surface area contributed by atoms with Crippen molar-refractivity contribution in [3.05, 3.63) is 23.8 Å². The van der Waals surface area contributed by atoms with Gasteiger partial charge in [0, 0.05) is 35.2 Å². The Kier molecular flexibility index (Phi) is 4.26. The van der Waals surface area contributed by atoms with Crippen molar-refractivity contribution in [2.45, 2.75) is 18.6 Å². The van der Waals surface area contributed by atoms with Crippen LogP contribution in [0.4, 0.5) is 5.69 Å². The molecule has 0 atom stereocenters. The highest BCUT2D eigenvalue weighted by Gasteiger charge is 2.28. The van der Waals surface area contributed by atoms with E-state index in [0.29, 0.717) is 4.99 Å². The molecule has 0 saturated carbocycles. The number of thioether (sulfide) groups is 1. The molecule has 0 aromatic heterocycles. The van der Waals surface area contributed by atoms with Gasteiger partial charge < -0.3 is 15.4 Å². The van der Waals surface area contributed by atoms with Crippen LogP contribution in [-0.4, -0.2) is 35.7 Å². The van der Waals surface area contributed by atoms with Crippen LogP contribution in [0.25, 0.3) is 0 Å². The first-order chi connectivity index (χ1) is 8.93. The average molecular weight is 296 g/mol. The van der Waals surface area contributed by atoms with Gasteiger partial charge >= 0.3 is 0 Å². The Bertz CT molecular complexity index is 488. The summed E-state index contributed by atoms with van der Waals surface area (Å²) in [6.45, 7) is 6.53. The smallest absolute Gasteiger partial charge is 0.120 e. The van der Waals surface area contributed by atoms with Gasteiger partial charge in [0.05, 0.1) is 12.8 Å². The Labute approximate surface area is 124 Å². The van der Waals surface area contributed by atoms with Crippen LogP contribution in [-0.2, 0) is 0 Å². The van der Waals surface area contributed by atoms with Gasteiger partial charge in [0.2, 0.25) is 0 Å². The van der Waals surface area contributed by atoms with Crippen LogP contribution in [0.5, 0.6) is 5.75 Å². The maximum absolute atomic E-state index is 5.84. The summed E-state index contributed by atoms with van der Waals surface area (Å²) < 4.78 is 5.56. The van der Waals surface area contributed by atoms with Gasteiger partial charge in [-0.2, -0.15) is 11.8 Å². The Hall–Kier alpha value is -0.940. The molecule has 1 aromatic carbocycles. The van der Waals surface area contributed by atoms with E-state index in [1.807, 2.05) is 30.0 Å². The van der Waals surface area contributed by atoms with Crippen molar-refractivity contribution in [1.82, 2.24) is 0 Å². The van der Waals surface area contributed by atoms with E-state index in [9.17, 15) is 0 Å². The zero-order chi connectivity index (χ0) is 14.0. The van der Waals surface area contributed by atoms with Crippen molar-refractivity contribution >= 4 is 34.7 Å². The number of hydrogen-bond acceptors (Lipinski definition) is 4. The fourth-order valence-electron chi connectivity index (χ4n) is 2.33. The lowest BCUT2D eigenvalue weighted by molar-refractivity contribution is 0.414. The van der Waals surface area contributed by atoms with Crippen LogP contribution in [0.3, 0.4) is 0 Å². The molecule has 104 valence electrons. The van der Waals surface area contributed by atoms with Gasteiger partial charge in [-0.25, -0.2) is 0 Å². The first-order valence-electron chi connectivity index (χ1n) is 6.30. The maximum atomic E-state index is 5.84. The van der Waals surface area contributed by atoms with Crippen molar-refractivity contribution in [3.63, 3.8) is 0 Å². The van der Waals surface area contributed by atoms with E-state index in [1.165, 1.54) is 0 Å². The first kappa shape index (κ1) is 14.5. The topological polar surface area (TPSA) is 38.5 Å². The Morgan fingerprint density at radius 3 is 2.79 bits per heavy atom. The number of nitrogens with two attached hydrogens (primary N) is 1. The quantitative estimate of drug-likeness (QED) is 0.868. The second kappa shape index (κ2) is 5.59. The summed E-state index contributed by atoms with van der Waals surface area (Å²) in [5.74, 6) is 1.95. The molecule has 1 saturated heterocycles. The molecule has 0 aliphatic carbocycles. The zero-order valence-corrected chi connectivity index (χ0v) is 13.2. The predicted octanol–water partition coefficient (Wildman–Crippen LogP) is 2.66. The molecule has 3 nitrogen and oxygen atoms in total. The lowest BCUT2D eigenvalue weighted by Crippen LogP contribution is -2.43. The standard InChI is InChI=1S/C14H20N2OS2/c1-14(2)9-16(6-7-19-14)12-8-10(17-3)4-5-11(12)13(15)18/h4-5,8H,6-7,9H2,1-3H3,(H2,15,18). The number of benzene rings is 1. The van der Waals surface area contributed by atoms with E-state index in [-0.39, 0.29) is 4.75 Å². The average Bonchev–Trinajstić information content (AvgIpc) is 2.36. The van der Waals surface area contributed by atoms with Gasteiger partial charge in [0.15, 0.2) is 0 Å². The van der Waals surface area contributed by atoms with Crippen molar-refractivity contribution in [2.75, 3.05) is 30.9 Å². The Morgan fingerprint density at radius 1 is 1.47 bits per heavy atom. The summed E-state index contributed by atoms with van der Waals surface area (Å²) in [5.41, 5.74) is 7.85. The summed E-state index contributed by atoms with van der Waals surface area (Å²) in [5, 5.41) is 0. The van der Waals surface area contributed by atoms with Gasteiger partial charge in [-0.15, -0.1) is 0 Å². The number of rotatable bonds is 3. The lowest BCUT2D eigenvalue weighted by atomic mass is 10.1. The van der Waals surface area contributed by atoms with E-state index in [4.69, 9.17) is 22.7 Å². The summed E-state index contributed by atoms with van der Waals surface area (Å²) in [7, 11) is 1.68. The predicted molar refractivity (Wildman–Crippen MR) is 87.6 cm³/mol. The van der Waals surface area contributed by atoms with Crippen LogP contribution >= 0.6 is 24.0 Å². The minimum atomic E-state index is 0.245. The second-order valence-electron chi connectivity index (χ2n) is 5.28. The third kappa shape index (κ3) is 3.34. The van der Waals surface area contributed by atoms with E-state index >= 15 is 0 Å². The first-order valence-corrected chi connectivity index (χ1v) is 7.69. The van der Waals surface area contributed by atoms with Gasteiger partial charge in [0.1, 0.15) is 10.7 Å². The summed E-state index contributed by atoms with van der Waals surface area (Å²) in [6.07, 6.45) is 0. The number of anilines is 1. The molecule has 19 heavy (non-hydrogen) atoms. The highest BCUT2D eigenvalue weighted by atomic mass is 32.2. The number of nitrogens with zero attached hydrogens (tertiary/aromatic N) is 1. The maximum Gasteiger partial charge on any atom is 0.120 e. The SMILES string of the molecule is COc1ccc(C(N)=S)c(N2CCSC(C)(C)C2)c1. The zero-order valence-electron chi connectivity index (χ0n) is 11.6. The van der Waals surface area contributed by atoms with E-state index in [0.717, 1.165) is 35.8 Å². The molecule has 5 heteroatoms. The van der Waals surface area contributed by atoms with Gasteiger partial charge in [-0.1, -0.05) is 12.2 Å². The van der Waals surface area contributed by atoms with Gasteiger partial charge in [-0.3, -0.25) is 0 Å². The molecule has 1 aliphatic rings. The fourth-order valence-corrected chi connectivity index (χ4v) is 3.61. The van der Waals surface area contributed by atoms with Gasteiger partial charge in [-0.05, 0) is 26.0 Å². The van der Waals surface area contributed by atoms with Crippen LogP contribution in [0.15, 0.2) is 18.2 Å². The third-order valence-corrected chi connectivity index (χ3v) is 4.75. The van der Waals surface area contributed by atoms with Crippen LogP contribution in [0, 0.1) is 0 Å². The van der Waals surface area contributed by atoms with Gasteiger partial charge in [0.25, 0.3) is 0 Å². The number of ether oxygens (including phenoxy) is 1. The minimum Gasteiger partial charge on any atom is -0.497 e. The third-order valence-electron chi connectivity index (χ3n) is 3.24. The molecule has 0 spiro atoms. The largest absolute Gasteiger partial charge is 0.497 e. The van der Waals surface area contributed by atoms with Crippen molar-refractivity contribution in [1.29, 1.82) is 0 Å². The normalized spacial score (nSPS) is 18.2. The molecule has 0 bridgehead atoms. The summed E-state index contributed by atoms with van der Waals surface area (Å²) >= 11 is 7.17. The molecule has 1 heterocycles. The van der Waals surface area contributed by atoms with Crippen molar-refractivity contribution < 1.29 is 4.74 Å². The molecule has 2 N–H and O–H groups in total. The number of thiocarbonyl (C=S) groups is 1. The Morgan fingerprint density at radius 2 is 2.21 bits per heavy atom. The lowest BCUT2D eigenvalue weighted by Gasteiger charge is -2.39. The fraction of sp³-hybridized carbons (Fsp3) is 0.500. The van der Waals surface area contributed by atoms with Crippen LogP contribution in [0.2, 0.25) is 0 Å². The molecule has 1 fully saturated rings. The number of hydrogen-bond donors (Lipinski definition) is 1. The van der Waals surface area contributed by atoms with Crippen molar-refractivity contribution in [3.8, 4) is 5.75 Å². The molecule has 1 aromatic rings. The Balaban J connectivity index is 2.38. The molecule has 0 amide bonds.